The molecule has 100 valence electrons. The van der Waals surface area contributed by atoms with Gasteiger partial charge in [0.05, 0.1) is 12.7 Å². The number of carbonyl (C=O) groups is 3. The molecule has 6 nitrogen and oxygen atoms in total. The van der Waals surface area contributed by atoms with Crippen LogP contribution in [0.3, 0.4) is 0 Å². The van der Waals surface area contributed by atoms with Gasteiger partial charge in [0, 0.05) is 24.4 Å². The van der Waals surface area contributed by atoms with Gasteiger partial charge >= 0.3 is 0 Å². The van der Waals surface area contributed by atoms with E-state index in [2.05, 4.69) is 0 Å². The standard InChI is InChI=1S/C13H13NO5/c1-7-8(5-19-6-15)11-12(14(7)2)9(16)4-10(18-3)13(11)17/h4,6H,5H2,1-3H3. The lowest BCUT2D eigenvalue weighted by molar-refractivity contribution is -0.129. The van der Waals surface area contributed by atoms with E-state index in [-0.39, 0.29) is 29.5 Å². The Morgan fingerprint density at radius 2 is 2.05 bits per heavy atom. The van der Waals surface area contributed by atoms with Crippen LogP contribution in [0, 0.1) is 6.92 Å². The molecule has 1 aromatic heterocycles. The lowest BCUT2D eigenvalue weighted by Crippen LogP contribution is -2.20. The zero-order valence-electron chi connectivity index (χ0n) is 10.9. The van der Waals surface area contributed by atoms with E-state index < -0.39 is 0 Å². The topological polar surface area (TPSA) is 74.6 Å². The highest BCUT2D eigenvalue weighted by Gasteiger charge is 2.34. The first-order valence-corrected chi connectivity index (χ1v) is 5.61. The van der Waals surface area contributed by atoms with Gasteiger partial charge in [-0.25, -0.2) is 0 Å². The number of carbonyl (C=O) groups excluding carboxylic acids is 3. The molecule has 1 heterocycles. The molecule has 0 N–H and O–H groups in total. The zero-order valence-corrected chi connectivity index (χ0v) is 10.9. The molecule has 0 unspecified atom stereocenters. The van der Waals surface area contributed by atoms with Crippen molar-refractivity contribution in [1.82, 2.24) is 4.57 Å². The van der Waals surface area contributed by atoms with E-state index in [1.54, 1.807) is 18.5 Å². The first kappa shape index (κ1) is 13.1. The van der Waals surface area contributed by atoms with Crippen LogP contribution in [0.25, 0.3) is 0 Å². The summed E-state index contributed by atoms with van der Waals surface area (Å²) in [6.07, 6.45) is 1.18. The molecular formula is C13H13NO5. The van der Waals surface area contributed by atoms with E-state index in [0.717, 1.165) is 0 Å². The number of methoxy groups -OCH3 is 1. The fraction of sp³-hybridized carbons (Fsp3) is 0.308. The molecule has 1 aromatic rings. The summed E-state index contributed by atoms with van der Waals surface area (Å²) >= 11 is 0. The molecule has 0 saturated carbocycles. The Kier molecular flexibility index (Phi) is 3.25. The molecule has 0 aliphatic heterocycles. The largest absolute Gasteiger partial charge is 0.492 e. The third kappa shape index (κ3) is 1.85. The maximum Gasteiger partial charge on any atom is 0.293 e. The molecule has 0 saturated heterocycles. The average Bonchev–Trinajstić information content (AvgIpc) is 2.65. The van der Waals surface area contributed by atoms with Gasteiger partial charge in [-0.1, -0.05) is 0 Å². The van der Waals surface area contributed by atoms with E-state index in [0.29, 0.717) is 23.4 Å². The van der Waals surface area contributed by atoms with Gasteiger partial charge in [-0.05, 0) is 6.92 Å². The molecule has 2 rings (SSSR count). The lowest BCUT2D eigenvalue weighted by atomic mass is 9.96. The second-order valence-electron chi connectivity index (χ2n) is 4.16. The Labute approximate surface area is 109 Å². The zero-order chi connectivity index (χ0) is 14.2. The van der Waals surface area contributed by atoms with Crippen molar-refractivity contribution in [2.75, 3.05) is 7.11 Å². The van der Waals surface area contributed by atoms with E-state index in [1.165, 1.54) is 13.2 Å². The second kappa shape index (κ2) is 4.72. The lowest BCUT2D eigenvalue weighted by Gasteiger charge is -2.12. The molecule has 0 spiro atoms. The maximum atomic E-state index is 12.2. The quantitative estimate of drug-likeness (QED) is 0.755. The van der Waals surface area contributed by atoms with Gasteiger partial charge in [-0.2, -0.15) is 0 Å². The molecule has 0 bridgehead atoms. The summed E-state index contributed by atoms with van der Waals surface area (Å²) in [6.45, 7) is 2.02. The van der Waals surface area contributed by atoms with Crippen molar-refractivity contribution in [3.05, 3.63) is 34.3 Å². The highest BCUT2D eigenvalue weighted by molar-refractivity contribution is 6.24. The summed E-state index contributed by atoms with van der Waals surface area (Å²) in [6, 6.07) is 0. The van der Waals surface area contributed by atoms with Crippen LogP contribution < -0.4 is 0 Å². The molecule has 0 radical (unpaired) electrons. The van der Waals surface area contributed by atoms with Gasteiger partial charge in [-0.3, -0.25) is 14.4 Å². The average molecular weight is 263 g/mol. The number of aromatic nitrogens is 1. The Balaban J connectivity index is 2.64. The maximum absolute atomic E-state index is 12.2. The number of hydrogen-bond donors (Lipinski definition) is 0. The van der Waals surface area contributed by atoms with E-state index in [9.17, 15) is 14.4 Å². The Morgan fingerprint density at radius 1 is 1.37 bits per heavy atom. The minimum Gasteiger partial charge on any atom is -0.492 e. The van der Waals surface area contributed by atoms with Crippen molar-refractivity contribution in [3.63, 3.8) is 0 Å². The van der Waals surface area contributed by atoms with Gasteiger partial charge in [0.2, 0.25) is 11.6 Å². The first-order valence-electron chi connectivity index (χ1n) is 5.61. The molecule has 1 aliphatic carbocycles. The van der Waals surface area contributed by atoms with Gasteiger partial charge in [0.1, 0.15) is 12.3 Å². The van der Waals surface area contributed by atoms with Crippen molar-refractivity contribution < 1.29 is 23.9 Å². The number of hydrogen-bond acceptors (Lipinski definition) is 5. The summed E-state index contributed by atoms with van der Waals surface area (Å²) < 4.78 is 11.3. The molecular weight excluding hydrogens is 250 g/mol. The van der Waals surface area contributed by atoms with E-state index >= 15 is 0 Å². The van der Waals surface area contributed by atoms with Crippen LogP contribution in [-0.2, 0) is 27.9 Å². The van der Waals surface area contributed by atoms with Crippen LogP contribution in [0.1, 0.15) is 32.1 Å². The van der Waals surface area contributed by atoms with E-state index in [4.69, 9.17) is 9.47 Å². The molecule has 0 amide bonds. The minimum atomic E-state index is -0.370. The fourth-order valence-corrected chi connectivity index (χ4v) is 2.22. The van der Waals surface area contributed by atoms with Crippen molar-refractivity contribution in [1.29, 1.82) is 0 Å². The molecule has 0 atom stereocenters. The third-order valence-electron chi connectivity index (χ3n) is 3.28. The van der Waals surface area contributed by atoms with Gasteiger partial charge in [0.15, 0.2) is 5.76 Å². The Morgan fingerprint density at radius 3 is 2.63 bits per heavy atom. The van der Waals surface area contributed by atoms with Crippen molar-refractivity contribution in [2.24, 2.45) is 7.05 Å². The number of rotatable bonds is 4. The van der Waals surface area contributed by atoms with Gasteiger partial charge in [-0.15, -0.1) is 0 Å². The SMILES string of the molecule is COC1=CC(=O)c2c(c(COC=O)c(C)n2C)C1=O. The van der Waals surface area contributed by atoms with Crippen molar-refractivity contribution >= 4 is 18.0 Å². The normalized spacial score (nSPS) is 13.9. The highest BCUT2D eigenvalue weighted by atomic mass is 16.5. The molecule has 1 aliphatic rings. The molecule has 6 heteroatoms. The predicted octanol–water partition coefficient (Wildman–Crippen LogP) is 0.916. The second-order valence-corrected chi connectivity index (χ2v) is 4.16. The fourth-order valence-electron chi connectivity index (χ4n) is 2.22. The number of allylic oxidation sites excluding steroid dienone is 2. The predicted molar refractivity (Wildman–Crippen MR) is 64.8 cm³/mol. The van der Waals surface area contributed by atoms with E-state index in [1.807, 2.05) is 0 Å². The third-order valence-corrected chi connectivity index (χ3v) is 3.28. The van der Waals surface area contributed by atoms with Crippen LogP contribution in [-0.4, -0.2) is 29.7 Å². The highest BCUT2D eigenvalue weighted by Crippen LogP contribution is 2.29. The summed E-state index contributed by atoms with van der Waals surface area (Å²) in [5, 5.41) is 0. The van der Waals surface area contributed by atoms with Crippen molar-refractivity contribution in [2.45, 2.75) is 13.5 Å². The molecule has 0 fully saturated rings. The van der Waals surface area contributed by atoms with Crippen molar-refractivity contribution in [3.8, 4) is 0 Å². The number of fused-ring (bicyclic) bond motifs is 1. The van der Waals surface area contributed by atoms with Gasteiger partial charge in [0.25, 0.3) is 6.47 Å². The smallest absolute Gasteiger partial charge is 0.293 e. The van der Waals surface area contributed by atoms with Gasteiger partial charge < -0.3 is 14.0 Å². The van der Waals surface area contributed by atoms with Crippen LogP contribution >= 0.6 is 0 Å². The number of nitrogens with zero attached hydrogens (tertiary/aromatic N) is 1. The summed E-state index contributed by atoms with van der Waals surface area (Å²) in [5.74, 6) is -0.671. The molecule has 19 heavy (non-hydrogen) atoms. The summed E-state index contributed by atoms with van der Waals surface area (Å²) in [5.41, 5.74) is 1.80. The number of Topliss-reactive ketones (excluding diaryl/α,β-unsaturated/α-hetero) is 1. The molecule has 0 aromatic carbocycles. The Hall–Kier alpha value is -2.37. The summed E-state index contributed by atoms with van der Waals surface area (Å²) in [4.78, 5) is 34.6. The van der Waals surface area contributed by atoms with Crippen LogP contribution in [0.4, 0.5) is 0 Å². The first-order chi connectivity index (χ1) is 9.02. The monoisotopic (exact) mass is 263 g/mol. The minimum absolute atomic E-state index is 0.00421. The number of ether oxygens (including phenoxy) is 2. The Bertz CT molecular complexity index is 609. The summed E-state index contributed by atoms with van der Waals surface area (Å²) in [7, 11) is 3.02. The number of ketones is 2. The van der Waals surface area contributed by atoms with Crippen LogP contribution in [0.15, 0.2) is 11.8 Å². The van der Waals surface area contributed by atoms with Crippen LogP contribution in [0.2, 0.25) is 0 Å². The van der Waals surface area contributed by atoms with Crippen LogP contribution in [0.5, 0.6) is 0 Å².